The number of aromatic nitrogens is 4. The van der Waals surface area contributed by atoms with Gasteiger partial charge in [0.1, 0.15) is 12.2 Å². The van der Waals surface area contributed by atoms with E-state index in [2.05, 4.69) is 52.0 Å². The van der Waals surface area contributed by atoms with E-state index >= 15 is 0 Å². The summed E-state index contributed by atoms with van der Waals surface area (Å²) in [7, 11) is 1.92. The smallest absolute Gasteiger partial charge is 0.146 e. The summed E-state index contributed by atoms with van der Waals surface area (Å²) < 4.78 is 4.01. The van der Waals surface area contributed by atoms with E-state index in [4.69, 9.17) is 0 Å². The average molecular weight is 226 g/mol. The second kappa shape index (κ2) is 3.73. The van der Waals surface area contributed by atoms with Gasteiger partial charge in [0.25, 0.3) is 0 Å². The van der Waals surface area contributed by atoms with Crippen LogP contribution in [0.3, 0.4) is 0 Å². The van der Waals surface area contributed by atoms with Crippen LogP contribution in [0.5, 0.6) is 0 Å². The zero-order valence-corrected chi connectivity index (χ0v) is 9.96. The summed E-state index contributed by atoms with van der Waals surface area (Å²) in [6.45, 7) is 2.86. The van der Waals surface area contributed by atoms with Crippen LogP contribution in [-0.4, -0.2) is 19.3 Å². The van der Waals surface area contributed by atoms with Gasteiger partial charge in [0.2, 0.25) is 0 Å². The Morgan fingerprint density at radius 3 is 2.88 bits per heavy atom. The molecule has 0 N–H and O–H groups in total. The number of nitrogens with zero attached hydrogens (tertiary/aromatic N) is 4. The van der Waals surface area contributed by atoms with Gasteiger partial charge in [-0.2, -0.15) is 5.10 Å². The monoisotopic (exact) mass is 226 g/mol. The molecule has 3 aromatic rings. The van der Waals surface area contributed by atoms with Gasteiger partial charge in [0, 0.05) is 18.8 Å². The molecule has 0 atom stereocenters. The summed E-state index contributed by atoms with van der Waals surface area (Å²) in [5.41, 5.74) is 2.52. The minimum absolute atomic E-state index is 0.753. The normalized spacial score (nSPS) is 11.2. The molecule has 3 rings (SSSR count). The highest BCUT2D eigenvalue weighted by molar-refractivity contribution is 5.80. The van der Waals surface area contributed by atoms with Gasteiger partial charge in [0.05, 0.1) is 6.54 Å². The largest absolute Gasteiger partial charge is 0.340 e. The van der Waals surface area contributed by atoms with Crippen molar-refractivity contribution in [2.24, 2.45) is 7.05 Å². The molecular formula is C13H14N4. The van der Waals surface area contributed by atoms with Crippen LogP contribution >= 0.6 is 0 Å². The molecule has 0 aliphatic heterocycles. The minimum Gasteiger partial charge on any atom is -0.340 e. The standard InChI is InChI=1S/C13H14N4/c1-10-3-4-11-5-6-17(12(11)7-10)8-13-14-9-15-16(13)2/h3-7,9H,8H2,1-2H3. The number of fused-ring (bicyclic) bond motifs is 1. The first-order valence-corrected chi connectivity index (χ1v) is 5.62. The Kier molecular flexibility index (Phi) is 2.21. The maximum atomic E-state index is 4.25. The quantitative estimate of drug-likeness (QED) is 0.671. The first-order chi connectivity index (χ1) is 8.24. The van der Waals surface area contributed by atoms with Crippen LogP contribution in [0.1, 0.15) is 11.4 Å². The van der Waals surface area contributed by atoms with Crippen LogP contribution in [-0.2, 0) is 13.6 Å². The Hall–Kier alpha value is -2.10. The molecule has 0 unspecified atom stereocenters. The van der Waals surface area contributed by atoms with E-state index in [0.717, 1.165) is 12.4 Å². The lowest BCUT2D eigenvalue weighted by atomic mass is 10.2. The SMILES string of the molecule is Cc1ccc2ccn(Cc3ncnn3C)c2c1. The number of benzene rings is 1. The van der Waals surface area contributed by atoms with Crippen LogP contribution < -0.4 is 0 Å². The molecule has 0 amide bonds. The summed E-state index contributed by atoms with van der Waals surface area (Å²) in [5, 5.41) is 5.35. The van der Waals surface area contributed by atoms with Gasteiger partial charge in [-0.3, -0.25) is 4.68 Å². The summed E-state index contributed by atoms with van der Waals surface area (Å²) >= 11 is 0. The lowest BCUT2D eigenvalue weighted by Gasteiger charge is -2.05. The lowest BCUT2D eigenvalue weighted by Crippen LogP contribution is -2.05. The Bertz CT molecular complexity index is 663. The van der Waals surface area contributed by atoms with Crippen LogP contribution in [0, 0.1) is 6.92 Å². The van der Waals surface area contributed by atoms with E-state index in [1.165, 1.54) is 16.5 Å². The lowest BCUT2D eigenvalue weighted by molar-refractivity contribution is 0.664. The first-order valence-electron chi connectivity index (χ1n) is 5.62. The topological polar surface area (TPSA) is 35.6 Å². The second-order valence-electron chi connectivity index (χ2n) is 4.31. The van der Waals surface area contributed by atoms with Gasteiger partial charge in [-0.25, -0.2) is 4.98 Å². The second-order valence-corrected chi connectivity index (χ2v) is 4.31. The fourth-order valence-corrected chi connectivity index (χ4v) is 2.05. The predicted molar refractivity (Wildman–Crippen MR) is 66.8 cm³/mol. The van der Waals surface area contributed by atoms with Crippen LogP contribution in [0.4, 0.5) is 0 Å². The molecule has 0 radical (unpaired) electrons. The highest BCUT2D eigenvalue weighted by Gasteiger charge is 2.05. The fourth-order valence-electron chi connectivity index (χ4n) is 2.05. The van der Waals surface area contributed by atoms with Gasteiger partial charge in [-0.05, 0) is 30.0 Å². The fraction of sp³-hybridized carbons (Fsp3) is 0.231. The van der Waals surface area contributed by atoms with Crippen molar-refractivity contribution in [2.45, 2.75) is 13.5 Å². The maximum absolute atomic E-state index is 4.25. The minimum atomic E-state index is 0.753. The van der Waals surface area contributed by atoms with E-state index < -0.39 is 0 Å². The van der Waals surface area contributed by atoms with Gasteiger partial charge in [-0.15, -0.1) is 0 Å². The molecule has 0 saturated carbocycles. The van der Waals surface area contributed by atoms with Gasteiger partial charge in [0.15, 0.2) is 0 Å². The molecule has 0 aliphatic carbocycles. The number of hydrogen-bond acceptors (Lipinski definition) is 2. The molecule has 2 aromatic heterocycles. The van der Waals surface area contributed by atoms with Crippen molar-refractivity contribution in [3.8, 4) is 0 Å². The molecular weight excluding hydrogens is 212 g/mol. The van der Waals surface area contributed by atoms with Crippen molar-refractivity contribution in [3.05, 3.63) is 48.2 Å². The molecule has 0 spiro atoms. The van der Waals surface area contributed by atoms with E-state index in [0.29, 0.717) is 0 Å². The molecule has 4 nitrogen and oxygen atoms in total. The van der Waals surface area contributed by atoms with Crippen LogP contribution in [0.15, 0.2) is 36.8 Å². The highest BCUT2D eigenvalue weighted by atomic mass is 15.3. The van der Waals surface area contributed by atoms with E-state index in [1.807, 2.05) is 11.7 Å². The zero-order valence-electron chi connectivity index (χ0n) is 9.96. The molecule has 0 fully saturated rings. The van der Waals surface area contributed by atoms with E-state index in [-0.39, 0.29) is 0 Å². The van der Waals surface area contributed by atoms with Gasteiger partial charge >= 0.3 is 0 Å². The third-order valence-corrected chi connectivity index (χ3v) is 3.05. The molecule has 1 aromatic carbocycles. The molecule has 17 heavy (non-hydrogen) atoms. The number of rotatable bonds is 2. The molecule has 0 aliphatic rings. The summed E-state index contributed by atoms with van der Waals surface area (Å²) in [5.74, 6) is 0.962. The number of aryl methyl sites for hydroxylation is 2. The van der Waals surface area contributed by atoms with Crippen molar-refractivity contribution < 1.29 is 0 Å². The third kappa shape index (κ3) is 1.71. The van der Waals surface area contributed by atoms with E-state index in [1.54, 1.807) is 6.33 Å². The molecule has 0 bridgehead atoms. The highest BCUT2D eigenvalue weighted by Crippen LogP contribution is 2.18. The van der Waals surface area contributed by atoms with Crippen molar-refractivity contribution >= 4 is 10.9 Å². The first kappa shape index (κ1) is 10.1. The van der Waals surface area contributed by atoms with Gasteiger partial charge in [-0.1, -0.05) is 12.1 Å². The molecule has 86 valence electrons. The maximum Gasteiger partial charge on any atom is 0.146 e. The van der Waals surface area contributed by atoms with Crippen LogP contribution in [0.25, 0.3) is 10.9 Å². The third-order valence-electron chi connectivity index (χ3n) is 3.05. The molecule has 0 saturated heterocycles. The van der Waals surface area contributed by atoms with E-state index in [9.17, 15) is 0 Å². The van der Waals surface area contributed by atoms with Crippen molar-refractivity contribution in [3.63, 3.8) is 0 Å². The summed E-state index contributed by atoms with van der Waals surface area (Å²) in [4.78, 5) is 4.25. The molecule has 4 heteroatoms. The summed E-state index contributed by atoms with van der Waals surface area (Å²) in [6, 6.07) is 8.61. The summed E-state index contributed by atoms with van der Waals surface area (Å²) in [6.07, 6.45) is 3.69. The van der Waals surface area contributed by atoms with Gasteiger partial charge < -0.3 is 4.57 Å². The Labute approximate surface area is 99.5 Å². The molecule has 2 heterocycles. The Balaban J connectivity index is 2.06. The van der Waals surface area contributed by atoms with Crippen LogP contribution in [0.2, 0.25) is 0 Å². The van der Waals surface area contributed by atoms with Crippen molar-refractivity contribution in [1.29, 1.82) is 0 Å². The van der Waals surface area contributed by atoms with Crippen molar-refractivity contribution in [1.82, 2.24) is 19.3 Å². The number of hydrogen-bond donors (Lipinski definition) is 0. The Morgan fingerprint density at radius 2 is 2.12 bits per heavy atom. The Morgan fingerprint density at radius 1 is 1.24 bits per heavy atom. The average Bonchev–Trinajstić information content (AvgIpc) is 2.88. The van der Waals surface area contributed by atoms with Crippen molar-refractivity contribution in [2.75, 3.05) is 0 Å². The predicted octanol–water partition coefficient (Wildman–Crippen LogP) is 2.13. The zero-order chi connectivity index (χ0) is 11.8.